The van der Waals surface area contributed by atoms with E-state index in [1.165, 1.54) is 0 Å². The number of hydrogen-bond acceptors (Lipinski definition) is 3. The van der Waals surface area contributed by atoms with Gasteiger partial charge in [0.15, 0.2) is 0 Å². The molecule has 1 saturated carbocycles. The molecule has 26 heavy (non-hydrogen) atoms. The highest BCUT2D eigenvalue weighted by molar-refractivity contribution is 5.99. The zero-order valence-corrected chi connectivity index (χ0v) is 14.8. The molecule has 0 heterocycles. The topological polar surface area (TPSA) is 75.6 Å². The first kappa shape index (κ1) is 18.0. The number of carbonyl (C=O) groups excluding carboxylic acids is 1. The minimum absolute atomic E-state index is 0.00819. The summed E-state index contributed by atoms with van der Waals surface area (Å²) in [5, 5.41) is 11.9. The van der Waals surface area contributed by atoms with Crippen molar-refractivity contribution in [3.63, 3.8) is 0 Å². The van der Waals surface area contributed by atoms with E-state index in [9.17, 15) is 9.59 Å². The Bertz CT molecular complexity index is 775. The molecule has 0 saturated heterocycles. The molecular weight excluding hydrogens is 330 g/mol. The lowest BCUT2D eigenvalue weighted by atomic mass is 9.78. The molecule has 0 aromatic heterocycles. The van der Waals surface area contributed by atoms with E-state index in [1.54, 1.807) is 31.4 Å². The lowest BCUT2D eigenvalue weighted by molar-refractivity contribution is -0.136. The summed E-state index contributed by atoms with van der Waals surface area (Å²) in [7, 11) is 1.63. The SMILES string of the molecule is COc1ccc(C2(C(=O)Nc3ccc(CC(=O)O)cc3)CCCC2)cc1. The summed E-state index contributed by atoms with van der Waals surface area (Å²) in [6, 6.07) is 14.7. The Morgan fingerprint density at radius 3 is 2.19 bits per heavy atom. The molecule has 0 aliphatic heterocycles. The molecule has 0 radical (unpaired) electrons. The van der Waals surface area contributed by atoms with Gasteiger partial charge < -0.3 is 15.2 Å². The molecule has 1 aliphatic carbocycles. The maximum absolute atomic E-state index is 13.1. The minimum Gasteiger partial charge on any atom is -0.497 e. The van der Waals surface area contributed by atoms with Crippen LogP contribution in [0.4, 0.5) is 5.69 Å². The number of aliphatic carboxylic acids is 1. The molecule has 2 aromatic rings. The molecule has 0 bridgehead atoms. The summed E-state index contributed by atoms with van der Waals surface area (Å²) >= 11 is 0. The molecule has 2 N–H and O–H groups in total. The fourth-order valence-electron chi connectivity index (χ4n) is 3.67. The van der Waals surface area contributed by atoms with Crippen molar-refractivity contribution in [1.82, 2.24) is 0 Å². The first-order chi connectivity index (χ1) is 12.5. The quantitative estimate of drug-likeness (QED) is 0.829. The second-order valence-electron chi connectivity index (χ2n) is 6.74. The Hall–Kier alpha value is -2.82. The Morgan fingerprint density at radius 1 is 1.04 bits per heavy atom. The highest BCUT2D eigenvalue weighted by atomic mass is 16.5. The van der Waals surface area contributed by atoms with Gasteiger partial charge in [-0.3, -0.25) is 9.59 Å². The van der Waals surface area contributed by atoms with Crippen LogP contribution in [0.15, 0.2) is 48.5 Å². The molecule has 3 rings (SSSR count). The van der Waals surface area contributed by atoms with Crippen molar-refractivity contribution in [2.24, 2.45) is 0 Å². The highest BCUT2D eigenvalue weighted by Crippen LogP contribution is 2.42. The van der Waals surface area contributed by atoms with Gasteiger partial charge in [-0.15, -0.1) is 0 Å². The fourth-order valence-corrected chi connectivity index (χ4v) is 3.67. The number of ether oxygens (including phenoxy) is 1. The largest absolute Gasteiger partial charge is 0.497 e. The van der Waals surface area contributed by atoms with E-state index in [0.717, 1.165) is 37.0 Å². The van der Waals surface area contributed by atoms with Gasteiger partial charge in [0.05, 0.1) is 18.9 Å². The average Bonchev–Trinajstić information content (AvgIpc) is 3.14. The van der Waals surface area contributed by atoms with E-state index < -0.39 is 11.4 Å². The Balaban J connectivity index is 1.79. The molecule has 1 aliphatic rings. The van der Waals surface area contributed by atoms with Crippen LogP contribution in [0.5, 0.6) is 5.75 Å². The summed E-state index contributed by atoms with van der Waals surface area (Å²) in [6.07, 6.45) is 3.67. The zero-order chi connectivity index (χ0) is 18.6. The van der Waals surface area contributed by atoms with Gasteiger partial charge in [0.1, 0.15) is 5.75 Å². The smallest absolute Gasteiger partial charge is 0.307 e. The predicted octanol–water partition coefficient (Wildman–Crippen LogP) is 3.77. The third kappa shape index (κ3) is 3.72. The Kier molecular flexibility index (Phi) is 5.26. The van der Waals surface area contributed by atoms with Gasteiger partial charge in [0.25, 0.3) is 0 Å². The molecular formula is C21H23NO4. The van der Waals surface area contributed by atoms with E-state index in [-0.39, 0.29) is 12.3 Å². The van der Waals surface area contributed by atoms with Gasteiger partial charge in [-0.25, -0.2) is 0 Å². The number of rotatable bonds is 6. The predicted molar refractivity (Wildman–Crippen MR) is 99.6 cm³/mol. The number of anilines is 1. The number of carboxylic acids is 1. The van der Waals surface area contributed by atoms with E-state index in [4.69, 9.17) is 9.84 Å². The molecule has 1 amide bonds. The minimum atomic E-state index is -0.869. The summed E-state index contributed by atoms with van der Waals surface area (Å²) in [5.41, 5.74) is 1.88. The van der Waals surface area contributed by atoms with Crippen LogP contribution in [0, 0.1) is 0 Å². The molecule has 136 valence electrons. The van der Waals surface area contributed by atoms with Crippen molar-refractivity contribution >= 4 is 17.6 Å². The molecule has 1 fully saturated rings. The summed E-state index contributed by atoms with van der Waals surface area (Å²) in [4.78, 5) is 23.9. The van der Waals surface area contributed by atoms with E-state index in [1.807, 2.05) is 24.3 Å². The van der Waals surface area contributed by atoms with Crippen molar-refractivity contribution in [3.05, 3.63) is 59.7 Å². The third-order valence-electron chi connectivity index (χ3n) is 5.10. The standard InChI is InChI=1S/C21H23NO4/c1-26-18-10-6-16(7-11-18)21(12-2-3-13-21)20(25)22-17-8-4-15(5-9-17)14-19(23)24/h4-11H,2-3,12-14H2,1H3,(H,22,25)(H,23,24). The van der Waals surface area contributed by atoms with E-state index >= 15 is 0 Å². The van der Waals surface area contributed by atoms with E-state index in [2.05, 4.69) is 5.32 Å². The van der Waals surface area contributed by atoms with Gasteiger partial charge in [-0.05, 0) is 48.2 Å². The molecule has 2 aromatic carbocycles. The molecule has 0 unspecified atom stereocenters. The van der Waals surface area contributed by atoms with Crippen LogP contribution >= 0.6 is 0 Å². The van der Waals surface area contributed by atoms with E-state index in [0.29, 0.717) is 11.3 Å². The number of carboxylic acid groups (broad SMARTS) is 1. The van der Waals surface area contributed by atoms with Crippen molar-refractivity contribution in [1.29, 1.82) is 0 Å². The zero-order valence-electron chi connectivity index (χ0n) is 14.8. The second-order valence-corrected chi connectivity index (χ2v) is 6.74. The van der Waals surface area contributed by atoms with Gasteiger partial charge >= 0.3 is 5.97 Å². The van der Waals surface area contributed by atoms with Crippen LogP contribution in [0.2, 0.25) is 0 Å². The highest BCUT2D eigenvalue weighted by Gasteiger charge is 2.42. The molecule has 5 nitrogen and oxygen atoms in total. The summed E-state index contributed by atoms with van der Waals surface area (Å²) < 4.78 is 5.22. The third-order valence-corrected chi connectivity index (χ3v) is 5.10. The number of carbonyl (C=O) groups is 2. The second kappa shape index (κ2) is 7.60. The molecule has 0 atom stereocenters. The van der Waals surface area contributed by atoms with Crippen molar-refractivity contribution in [3.8, 4) is 5.75 Å². The van der Waals surface area contributed by atoms with Crippen LogP contribution in [0.3, 0.4) is 0 Å². The number of methoxy groups -OCH3 is 1. The van der Waals surface area contributed by atoms with Crippen LogP contribution in [-0.2, 0) is 21.4 Å². The number of hydrogen-bond donors (Lipinski definition) is 2. The first-order valence-corrected chi connectivity index (χ1v) is 8.80. The maximum Gasteiger partial charge on any atom is 0.307 e. The lowest BCUT2D eigenvalue weighted by Gasteiger charge is -2.28. The van der Waals surface area contributed by atoms with Gasteiger partial charge in [-0.1, -0.05) is 37.1 Å². The van der Waals surface area contributed by atoms with Crippen molar-refractivity contribution in [2.75, 3.05) is 12.4 Å². The Labute approximate surface area is 153 Å². The van der Waals surface area contributed by atoms with Crippen molar-refractivity contribution < 1.29 is 19.4 Å². The Morgan fingerprint density at radius 2 is 1.65 bits per heavy atom. The van der Waals surface area contributed by atoms with Gasteiger partial charge in [0.2, 0.25) is 5.91 Å². The van der Waals surface area contributed by atoms with Crippen LogP contribution in [0.1, 0.15) is 36.8 Å². The first-order valence-electron chi connectivity index (χ1n) is 8.80. The van der Waals surface area contributed by atoms with Gasteiger partial charge in [-0.2, -0.15) is 0 Å². The summed E-state index contributed by atoms with van der Waals surface area (Å²) in [5.74, 6) is -0.103. The van der Waals surface area contributed by atoms with Crippen molar-refractivity contribution in [2.45, 2.75) is 37.5 Å². The normalized spacial score (nSPS) is 15.4. The number of benzene rings is 2. The summed E-state index contributed by atoms with van der Waals surface area (Å²) in [6.45, 7) is 0. The lowest BCUT2D eigenvalue weighted by Crippen LogP contribution is -2.37. The van der Waals surface area contributed by atoms with Crippen LogP contribution in [0.25, 0.3) is 0 Å². The number of amides is 1. The number of nitrogens with one attached hydrogen (secondary N) is 1. The molecule has 5 heteroatoms. The van der Waals surface area contributed by atoms with Crippen LogP contribution < -0.4 is 10.1 Å². The maximum atomic E-state index is 13.1. The van der Waals surface area contributed by atoms with Crippen LogP contribution in [-0.4, -0.2) is 24.1 Å². The monoisotopic (exact) mass is 353 g/mol. The molecule has 0 spiro atoms. The fraction of sp³-hybridized carbons (Fsp3) is 0.333. The van der Waals surface area contributed by atoms with Gasteiger partial charge in [0, 0.05) is 5.69 Å². The average molecular weight is 353 g/mol.